The van der Waals surface area contributed by atoms with Crippen LogP contribution in [0.5, 0.6) is 5.88 Å². The predicted octanol–water partition coefficient (Wildman–Crippen LogP) is 2.91. The van der Waals surface area contributed by atoms with E-state index < -0.39 is 5.97 Å². The van der Waals surface area contributed by atoms with Gasteiger partial charge in [-0.05, 0) is 6.42 Å². The van der Waals surface area contributed by atoms with Gasteiger partial charge in [0.25, 0.3) is 0 Å². The summed E-state index contributed by atoms with van der Waals surface area (Å²) in [4.78, 5) is 18.5. The van der Waals surface area contributed by atoms with E-state index in [1.807, 2.05) is 0 Å². The first-order valence-electron chi connectivity index (χ1n) is 6.42. The molecule has 0 radical (unpaired) electrons. The Kier molecular flexibility index (Phi) is 6.76. The summed E-state index contributed by atoms with van der Waals surface area (Å²) in [6.45, 7) is 2.68. The summed E-state index contributed by atoms with van der Waals surface area (Å²) in [6.07, 6.45) is 9.75. The lowest BCUT2D eigenvalue weighted by molar-refractivity contribution is 0.0684. The monoisotopic (exact) mass is 252 g/mol. The molecule has 1 N–H and O–H groups in total. The minimum Gasteiger partial charge on any atom is -0.476 e. The van der Waals surface area contributed by atoms with Gasteiger partial charge < -0.3 is 9.84 Å². The molecule has 0 aliphatic rings. The Labute approximate surface area is 107 Å². The van der Waals surface area contributed by atoms with E-state index in [0.717, 1.165) is 12.8 Å². The van der Waals surface area contributed by atoms with Crippen molar-refractivity contribution >= 4 is 5.97 Å². The van der Waals surface area contributed by atoms with Crippen LogP contribution in [0.1, 0.15) is 55.9 Å². The lowest BCUT2D eigenvalue weighted by Crippen LogP contribution is -2.08. The molecule has 1 aromatic rings. The molecule has 1 aromatic heterocycles. The number of carbonyl (C=O) groups is 1. The third-order valence-electron chi connectivity index (χ3n) is 2.60. The van der Waals surface area contributed by atoms with Gasteiger partial charge in [-0.25, -0.2) is 14.8 Å². The molecular weight excluding hydrogens is 232 g/mol. The van der Waals surface area contributed by atoms with E-state index in [4.69, 9.17) is 9.84 Å². The minimum absolute atomic E-state index is 0.110. The molecule has 1 heterocycles. The predicted molar refractivity (Wildman–Crippen MR) is 67.9 cm³/mol. The van der Waals surface area contributed by atoms with E-state index in [1.54, 1.807) is 0 Å². The lowest BCUT2D eigenvalue weighted by atomic mass is 10.1. The van der Waals surface area contributed by atoms with Crippen molar-refractivity contribution in [2.45, 2.75) is 45.4 Å². The second-order valence-corrected chi connectivity index (χ2v) is 4.13. The highest BCUT2D eigenvalue weighted by molar-refractivity contribution is 5.87. The standard InChI is InChI=1S/C13H20N2O3/c1-2-3-4-5-6-7-10-18-12-11(13(16)17)14-8-9-15-12/h8-9H,2-7,10H2,1H3,(H,16,17). The molecule has 100 valence electrons. The Morgan fingerprint density at radius 3 is 2.56 bits per heavy atom. The molecule has 5 heteroatoms. The SMILES string of the molecule is CCCCCCCCOc1nccnc1C(=O)O. The molecule has 0 unspecified atom stereocenters. The van der Waals surface area contributed by atoms with Crippen LogP contribution < -0.4 is 4.74 Å². The molecule has 0 aliphatic heterocycles. The van der Waals surface area contributed by atoms with Crippen LogP contribution in [0.25, 0.3) is 0 Å². The molecule has 0 saturated carbocycles. The average molecular weight is 252 g/mol. The Hall–Kier alpha value is -1.65. The lowest BCUT2D eigenvalue weighted by Gasteiger charge is -2.06. The number of nitrogens with zero attached hydrogens (tertiary/aromatic N) is 2. The maximum atomic E-state index is 10.8. The third kappa shape index (κ3) is 5.12. The molecule has 0 fully saturated rings. The molecule has 1 rings (SSSR count). The van der Waals surface area contributed by atoms with Crippen molar-refractivity contribution in [3.8, 4) is 5.88 Å². The number of hydrogen-bond acceptors (Lipinski definition) is 4. The normalized spacial score (nSPS) is 10.3. The third-order valence-corrected chi connectivity index (χ3v) is 2.60. The summed E-state index contributed by atoms with van der Waals surface area (Å²) >= 11 is 0. The zero-order valence-corrected chi connectivity index (χ0v) is 10.8. The number of carboxylic acids is 1. The van der Waals surface area contributed by atoms with Gasteiger partial charge in [0.05, 0.1) is 6.61 Å². The van der Waals surface area contributed by atoms with Crippen molar-refractivity contribution in [3.63, 3.8) is 0 Å². The van der Waals surface area contributed by atoms with Crippen molar-refractivity contribution in [1.82, 2.24) is 9.97 Å². The molecule has 0 bridgehead atoms. The first kappa shape index (κ1) is 14.4. The quantitative estimate of drug-likeness (QED) is 0.684. The highest BCUT2D eigenvalue weighted by Crippen LogP contribution is 2.12. The van der Waals surface area contributed by atoms with Crippen molar-refractivity contribution in [3.05, 3.63) is 18.1 Å². The molecule has 0 atom stereocenters. The fraction of sp³-hybridized carbons (Fsp3) is 0.615. The molecule has 18 heavy (non-hydrogen) atoms. The van der Waals surface area contributed by atoms with Crippen molar-refractivity contribution in [2.75, 3.05) is 6.61 Å². The smallest absolute Gasteiger partial charge is 0.360 e. The van der Waals surface area contributed by atoms with E-state index in [-0.39, 0.29) is 11.6 Å². The Bertz CT molecular complexity index is 369. The van der Waals surface area contributed by atoms with E-state index in [2.05, 4.69) is 16.9 Å². The second kappa shape index (κ2) is 8.44. The average Bonchev–Trinajstić information content (AvgIpc) is 2.38. The first-order valence-corrected chi connectivity index (χ1v) is 6.42. The number of hydrogen-bond donors (Lipinski definition) is 1. The van der Waals surface area contributed by atoms with Crippen LogP contribution in [0, 0.1) is 0 Å². The molecule has 0 aliphatic carbocycles. The van der Waals surface area contributed by atoms with Gasteiger partial charge in [-0.3, -0.25) is 0 Å². The van der Waals surface area contributed by atoms with Gasteiger partial charge in [-0.15, -0.1) is 0 Å². The summed E-state index contributed by atoms with van der Waals surface area (Å²) in [6, 6.07) is 0. The van der Waals surface area contributed by atoms with Gasteiger partial charge in [-0.2, -0.15) is 0 Å². The van der Waals surface area contributed by atoms with Gasteiger partial charge in [-0.1, -0.05) is 39.0 Å². The number of aromatic carboxylic acids is 1. The highest BCUT2D eigenvalue weighted by Gasteiger charge is 2.13. The summed E-state index contributed by atoms with van der Waals surface area (Å²) in [5.74, 6) is -1.00. The van der Waals surface area contributed by atoms with Gasteiger partial charge in [0.2, 0.25) is 11.6 Å². The Morgan fingerprint density at radius 2 is 1.83 bits per heavy atom. The zero-order chi connectivity index (χ0) is 13.2. The number of ether oxygens (including phenoxy) is 1. The first-order chi connectivity index (χ1) is 8.75. The number of carboxylic acid groups (broad SMARTS) is 1. The van der Waals surface area contributed by atoms with E-state index >= 15 is 0 Å². The molecule has 0 aromatic carbocycles. The van der Waals surface area contributed by atoms with Crippen LogP contribution in [0.15, 0.2) is 12.4 Å². The highest BCUT2D eigenvalue weighted by atomic mass is 16.5. The van der Waals surface area contributed by atoms with Crippen molar-refractivity contribution in [2.24, 2.45) is 0 Å². The summed E-state index contributed by atoms with van der Waals surface area (Å²) < 4.78 is 5.35. The van der Waals surface area contributed by atoms with Gasteiger partial charge in [0.1, 0.15) is 0 Å². The topological polar surface area (TPSA) is 72.3 Å². The summed E-state index contributed by atoms with van der Waals surface area (Å²) in [5, 5.41) is 8.88. The molecular formula is C13H20N2O3. The van der Waals surface area contributed by atoms with Gasteiger partial charge >= 0.3 is 5.97 Å². The number of aromatic nitrogens is 2. The van der Waals surface area contributed by atoms with E-state index in [1.165, 1.54) is 38.1 Å². The van der Waals surface area contributed by atoms with Crippen LogP contribution >= 0.6 is 0 Å². The Morgan fingerprint density at radius 1 is 1.17 bits per heavy atom. The molecule has 0 saturated heterocycles. The van der Waals surface area contributed by atoms with Crippen molar-refractivity contribution in [1.29, 1.82) is 0 Å². The van der Waals surface area contributed by atoms with E-state index in [0.29, 0.717) is 6.61 Å². The van der Waals surface area contributed by atoms with Crippen LogP contribution in [0.2, 0.25) is 0 Å². The Balaban J connectivity index is 2.25. The van der Waals surface area contributed by atoms with Gasteiger partial charge in [0.15, 0.2) is 0 Å². The van der Waals surface area contributed by atoms with Crippen LogP contribution in [0.4, 0.5) is 0 Å². The minimum atomic E-state index is -1.11. The van der Waals surface area contributed by atoms with E-state index in [9.17, 15) is 4.79 Å². The summed E-state index contributed by atoms with van der Waals surface area (Å²) in [7, 11) is 0. The second-order valence-electron chi connectivity index (χ2n) is 4.13. The number of unbranched alkanes of at least 4 members (excludes halogenated alkanes) is 5. The summed E-state index contributed by atoms with van der Waals surface area (Å²) in [5.41, 5.74) is -0.122. The molecule has 0 spiro atoms. The fourth-order valence-corrected chi connectivity index (χ4v) is 1.63. The number of rotatable bonds is 9. The largest absolute Gasteiger partial charge is 0.476 e. The fourth-order valence-electron chi connectivity index (χ4n) is 1.63. The van der Waals surface area contributed by atoms with Crippen LogP contribution in [0.3, 0.4) is 0 Å². The zero-order valence-electron chi connectivity index (χ0n) is 10.8. The van der Waals surface area contributed by atoms with Crippen LogP contribution in [-0.4, -0.2) is 27.7 Å². The molecule has 0 amide bonds. The molecule has 5 nitrogen and oxygen atoms in total. The van der Waals surface area contributed by atoms with Crippen LogP contribution in [-0.2, 0) is 0 Å². The van der Waals surface area contributed by atoms with Gasteiger partial charge in [0, 0.05) is 12.4 Å². The maximum Gasteiger partial charge on any atom is 0.360 e. The van der Waals surface area contributed by atoms with Crippen molar-refractivity contribution < 1.29 is 14.6 Å². The maximum absolute atomic E-state index is 10.8.